The van der Waals surface area contributed by atoms with E-state index < -0.39 is 0 Å². The first-order valence-electron chi connectivity index (χ1n) is 9.81. The van der Waals surface area contributed by atoms with E-state index in [4.69, 9.17) is 5.73 Å². The Balaban J connectivity index is 1.31. The fourth-order valence-electron chi connectivity index (χ4n) is 3.35. The molecule has 5 rings (SSSR count). The summed E-state index contributed by atoms with van der Waals surface area (Å²) in [6.45, 7) is 1.23. The summed E-state index contributed by atoms with van der Waals surface area (Å²) in [5, 5.41) is 17.2. The average molecular weight is 415 g/mol. The molecule has 1 aliphatic rings. The van der Waals surface area contributed by atoms with Crippen LogP contribution in [0.5, 0.6) is 0 Å². The van der Waals surface area contributed by atoms with Crippen LogP contribution in [-0.2, 0) is 7.05 Å². The third-order valence-corrected chi connectivity index (χ3v) is 5.07. The predicted octanol–water partition coefficient (Wildman–Crippen LogP) is 1.84. The normalized spacial score (nSPS) is 13.8. The van der Waals surface area contributed by atoms with Crippen LogP contribution in [-0.4, -0.2) is 54.0 Å². The van der Waals surface area contributed by atoms with Crippen molar-refractivity contribution >= 4 is 23.4 Å². The number of pyridine rings is 1. The molecule has 4 aromatic rings. The van der Waals surface area contributed by atoms with Crippen LogP contribution in [0.2, 0.25) is 0 Å². The molecule has 1 aliphatic heterocycles. The molecule has 0 atom stereocenters. The highest BCUT2D eigenvalue weighted by atomic mass is 16.3. The van der Waals surface area contributed by atoms with Gasteiger partial charge in [0, 0.05) is 49.3 Å². The lowest BCUT2D eigenvalue weighted by molar-refractivity contribution is 0.141. The van der Waals surface area contributed by atoms with Gasteiger partial charge in [0.1, 0.15) is 5.82 Å². The van der Waals surface area contributed by atoms with Gasteiger partial charge in [-0.15, -0.1) is 5.10 Å². The maximum absolute atomic E-state index is 9.44. The van der Waals surface area contributed by atoms with Crippen LogP contribution in [0.1, 0.15) is 0 Å². The second-order valence-corrected chi connectivity index (χ2v) is 7.35. The van der Waals surface area contributed by atoms with Crippen LogP contribution >= 0.6 is 0 Å². The molecule has 0 bridgehead atoms. The third-order valence-electron chi connectivity index (χ3n) is 5.07. The van der Waals surface area contributed by atoms with Crippen molar-refractivity contribution < 1.29 is 5.11 Å². The Morgan fingerprint density at radius 2 is 1.77 bits per heavy atom. The van der Waals surface area contributed by atoms with E-state index >= 15 is 0 Å². The van der Waals surface area contributed by atoms with Gasteiger partial charge in [-0.05, 0) is 30.3 Å². The lowest BCUT2D eigenvalue weighted by atomic mass is 10.1. The van der Waals surface area contributed by atoms with Crippen LogP contribution < -0.4 is 16.0 Å². The van der Waals surface area contributed by atoms with E-state index in [-0.39, 0.29) is 12.1 Å². The molecule has 1 saturated heterocycles. The summed E-state index contributed by atoms with van der Waals surface area (Å²) in [6, 6.07) is 13.5. The van der Waals surface area contributed by atoms with Crippen molar-refractivity contribution in [3.8, 4) is 22.6 Å². The minimum Gasteiger partial charge on any atom is -0.389 e. The number of anilines is 4. The lowest BCUT2D eigenvalue weighted by Gasteiger charge is -2.36. The molecule has 1 aromatic carbocycles. The molecule has 4 N–H and O–H groups in total. The summed E-state index contributed by atoms with van der Waals surface area (Å²) in [5.41, 5.74) is 9.07. The van der Waals surface area contributed by atoms with E-state index in [1.54, 1.807) is 17.1 Å². The summed E-state index contributed by atoms with van der Waals surface area (Å²) in [4.78, 5) is 19.2. The van der Waals surface area contributed by atoms with Gasteiger partial charge in [-0.25, -0.2) is 19.6 Å². The fourth-order valence-corrected chi connectivity index (χ4v) is 3.35. The number of benzene rings is 1. The number of nitrogen functional groups attached to an aromatic ring is 1. The maximum atomic E-state index is 9.44. The first-order chi connectivity index (χ1) is 15.0. The van der Waals surface area contributed by atoms with Crippen molar-refractivity contribution in [2.75, 3.05) is 29.0 Å². The van der Waals surface area contributed by atoms with Gasteiger partial charge in [0.25, 0.3) is 0 Å². The zero-order valence-electron chi connectivity index (χ0n) is 16.8. The van der Waals surface area contributed by atoms with Gasteiger partial charge in [-0.2, -0.15) is 4.98 Å². The topological polar surface area (TPSA) is 131 Å². The van der Waals surface area contributed by atoms with E-state index in [0.29, 0.717) is 24.9 Å². The van der Waals surface area contributed by atoms with Crippen molar-refractivity contribution in [1.82, 2.24) is 29.7 Å². The molecule has 156 valence electrons. The molecule has 0 amide bonds. The highest BCUT2D eigenvalue weighted by Crippen LogP contribution is 2.25. The molecular weight excluding hydrogens is 394 g/mol. The van der Waals surface area contributed by atoms with Crippen LogP contribution in [0.3, 0.4) is 0 Å². The van der Waals surface area contributed by atoms with Gasteiger partial charge < -0.3 is 21.1 Å². The van der Waals surface area contributed by atoms with Crippen LogP contribution in [0.25, 0.3) is 22.6 Å². The fraction of sp³-hybridized carbons (Fsp3) is 0.190. The summed E-state index contributed by atoms with van der Waals surface area (Å²) in [7, 11) is 1.83. The molecule has 0 radical (unpaired) electrons. The number of hydrogen-bond acceptors (Lipinski definition) is 9. The smallest absolute Gasteiger partial charge is 0.225 e. The van der Waals surface area contributed by atoms with E-state index in [0.717, 1.165) is 28.3 Å². The van der Waals surface area contributed by atoms with Gasteiger partial charge in [0.2, 0.25) is 11.9 Å². The van der Waals surface area contributed by atoms with E-state index in [1.807, 2.05) is 54.4 Å². The molecule has 0 saturated carbocycles. The molecule has 10 heteroatoms. The third kappa shape index (κ3) is 3.88. The molecule has 10 nitrogen and oxygen atoms in total. The Morgan fingerprint density at radius 1 is 1.00 bits per heavy atom. The largest absolute Gasteiger partial charge is 0.389 e. The Morgan fingerprint density at radius 3 is 2.45 bits per heavy atom. The molecular formula is C21H21N9O. The van der Waals surface area contributed by atoms with Crippen molar-refractivity contribution in [1.29, 1.82) is 0 Å². The van der Waals surface area contributed by atoms with Crippen LogP contribution in [0.15, 0.2) is 54.9 Å². The number of nitrogens with two attached hydrogens (primary N) is 1. The molecule has 0 unspecified atom stereocenters. The van der Waals surface area contributed by atoms with Crippen molar-refractivity contribution in [2.45, 2.75) is 6.10 Å². The van der Waals surface area contributed by atoms with E-state index in [2.05, 4.69) is 30.4 Å². The monoisotopic (exact) mass is 415 g/mol. The SMILES string of the molecule is Cn1nc(-c2ccc(N3CC(O)C3)nc2)nc1Nc1ccc(-c2ccnc(N)n2)cc1. The van der Waals surface area contributed by atoms with Crippen LogP contribution in [0, 0.1) is 0 Å². The minimum absolute atomic E-state index is 0.247. The molecule has 4 heterocycles. The Bertz CT molecular complexity index is 1200. The van der Waals surface area contributed by atoms with Gasteiger partial charge in [0.05, 0.1) is 11.8 Å². The van der Waals surface area contributed by atoms with Crippen LogP contribution in [0.4, 0.5) is 23.4 Å². The zero-order valence-corrected chi connectivity index (χ0v) is 16.8. The Hall–Kier alpha value is -4.05. The highest BCUT2D eigenvalue weighted by Gasteiger charge is 2.25. The average Bonchev–Trinajstić information content (AvgIpc) is 3.12. The van der Waals surface area contributed by atoms with Gasteiger partial charge in [-0.3, -0.25) is 0 Å². The number of aryl methyl sites for hydroxylation is 1. The number of aliphatic hydroxyl groups excluding tert-OH is 1. The van der Waals surface area contributed by atoms with E-state index in [1.165, 1.54) is 0 Å². The van der Waals surface area contributed by atoms with Gasteiger partial charge >= 0.3 is 0 Å². The molecule has 3 aromatic heterocycles. The molecule has 0 spiro atoms. The number of hydrogen-bond donors (Lipinski definition) is 3. The van der Waals surface area contributed by atoms with Gasteiger partial charge in [0.15, 0.2) is 5.82 Å². The first-order valence-corrected chi connectivity index (χ1v) is 9.81. The number of nitrogens with one attached hydrogen (secondary N) is 1. The first kappa shape index (κ1) is 18.9. The standard InChI is InChI=1S/C21H21N9O/c1-29-21(25-15-5-2-13(3-6-15)17-8-9-23-20(22)26-17)27-19(28-29)14-4-7-18(24-10-14)30-11-16(31)12-30/h2-10,16,31H,11-12H2,1H3,(H2,22,23,26)(H,25,27,28). The summed E-state index contributed by atoms with van der Waals surface area (Å²) >= 11 is 0. The van der Waals surface area contributed by atoms with Gasteiger partial charge in [-0.1, -0.05) is 12.1 Å². The second kappa shape index (κ2) is 7.65. The Kier molecular flexibility index (Phi) is 4.68. The summed E-state index contributed by atoms with van der Waals surface area (Å²) in [6.07, 6.45) is 3.13. The quantitative estimate of drug-likeness (QED) is 0.447. The maximum Gasteiger partial charge on any atom is 0.225 e. The summed E-state index contributed by atoms with van der Waals surface area (Å²) < 4.78 is 1.69. The molecule has 1 fully saturated rings. The lowest BCUT2D eigenvalue weighted by Crippen LogP contribution is -2.51. The zero-order chi connectivity index (χ0) is 21.4. The number of rotatable bonds is 5. The predicted molar refractivity (Wildman–Crippen MR) is 118 cm³/mol. The number of β-amino-alcohol motifs (C(OH)–C–C–N with tert-alkyl or cyclic N) is 1. The minimum atomic E-state index is -0.263. The summed E-state index contributed by atoms with van der Waals surface area (Å²) in [5.74, 6) is 2.29. The van der Waals surface area contributed by atoms with Crippen molar-refractivity contribution in [2.24, 2.45) is 7.05 Å². The highest BCUT2D eigenvalue weighted by molar-refractivity contribution is 5.66. The Labute approximate surface area is 178 Å². The van der Waals surface area contributed by atoms with E-state index in [9.17, 15) is 5.11 Å². The molecule has 31 heavy (non-hydrogen) atoms. The number of aromatic nitrogens is 6. The number of nitrogens with zero attached hydrogens (tertiary/aromatic N) is 7. The van der Waals surface area contributed by atoms with Crippen molar-refractivity contribution in [3.63, 3.8) is 0 Å². The number of aliphatic hydroxyl groups is 1. The molecule has 0 aliphatic carbocycles. The second-order valence-electron chi connectivity index (χ2n) is 7.35. The van der Waals surface area contributed by atoms with Crippen molar-refractivity contribution in [3.05, 3.63) is 54.9 Å².